The van der Waals surface area contributed by atoms with Crippen LogP contribution in [-0.2, 0) is 22.7 Å². The van der Waals surface area contributed by atoms with Gasteiger partial charge in [-0.05, 0) is 30.5 Å². The Morgan fingerprint density at radius 1 is 1.22 bits per heavy atom. The first-order valence-electron chi connectivity index (χ1n) is 9.42. The fourth-order valence-electron chi connectivity index (χ4n) is 4.13. The van der Waals surface area contributed by atoms with Gasteiger partial charge in [0, 0.05) is 37.7 Å². The molecule has 8 heteroatoms. The molecule has 4 N–H and O–H groups in total. The summed E-state index contributed by atoms with van der Waals surface area (Å²) in [6.45, 7) is 2.34. The van der Waals surface area contributed by atoms with Crippen molar-refractivity contribution in [1.29, 1.82) is 0 Å². The van der Waals surface area contributed by atoms with Gasteiger partial charge in [-0.25, -0.2) is 0 Å². The molecule has 27 heavy (non-hydrogen) atoms. The van der Waals surface area contributed by atoms with E-state index in [1.165, 1.54) is 0 Å². The lowest BCUT2D eigenvalue weighted by Gasteiger charge is -2.30. The number of imide groups is 1. The van der Waals surface area contributed by atoms with Gasteiger partial charge in [0.15, 0.2) is 0 Å². The molecule has 1 aromatic rings. The predicted molar refractivity (Wildman–Crippen MR) is 96.6 cm³/mol. The highest BCUT2D eigenvalue weighted by molar-refractivity contribution is 6.05. The van der Waals surface area contributed by atoms with Crippen LogP contribution >= 0.6 is 0 Å². The largest absolute Gasteiger partial charge is 0.391 e. The van der Waals surface area contributed by atoms with Gasteiger partial charge in [-0.1, -0.05) is 18.2 Å². The monoisotopic (exact) mass is 372 g/mol. The number of fused-ring (bicyclic) bond motifs is 1. The summed E-state index contributed by atoms with van der Waals surface area (Å²) in [5, 5.41) is 19.0. The molecule has 0 bridgehead atoms. The van der Waals surface area contributed by atoms with E-state index in [4.69, 9.17) is 0 Å². The number of amides is 3. The van der Waals surface area contributed by atoms with E-state index in [-0.39, 0.29) is 24.3 Å². The van der Waals surface area contributed by atoms with Gasteiger partial charge in [-0.15, -0.1) is 0 Å². The van der Waals surface area contributed by atoms with Crippen LogP contribution in [0.3, 0.4) is 0 Å². The van der Waals surface area contributed by atoms with E-state index in [1.54, 1.807) is 4.90 Å². The minimum absolute atomic E-state index is 0.0580. The molecule has 144 valence electrons. The fourth-order valence-corrected chi connectivity index (χ4v) is 4.13. The number of nitrogens with one attached hydrogen (secondary N) is 3. The molecule has 0 aromatic heterocycles. The second-order valence-corrected chi connectivity index (χ2v) is 7.40. The van der Waals surface area contributed by atoms with Gasteiger partial charge in [0.25, 0.3) is 5.91 Å². The summed E-state index contributed by atoms with van der Waals surface area (Å²) in [6.07, 6.45) is 0.904. The zero-order chi connectivity index (χ0) is 19.0. The number of aliphatic hydroxyl groups is 1. The third-order valence-electron chi connectivity index (χ3n) is 5.64. The van der Waals surface area contributed by atoms with Gasteiger partial charge in [0.05, 0.1) is 6.10 Å². The molecule has 3 heterocycles. The smallest absolute Gasteiger partial charge is 0.255 e. The molecule has 0 saturated carbocycles. The van der Waals surface area contributed by atoms with Gasteiger partial charge < -0.3 is 20.6 Å². The number of carbonyl (C=O) groups is 3. The summed E-state index contributed by atoms with van der Waals surface area (Å²) in [6, 6.07) is 5.05. The summed E-state index contributed by atoms with van der Waals surface area (Å²) in [5.41, 5.74) is 2.39. The van der Waals surface area contributed by atoms with Crippen LogP contribution in [0.15, 0.2) is 18.2 Å². The number of benzene rings is 1. The van der Waals surface area contributed by atoms with E-state index in [1.807, 2.05) is 18.2 Å². The van der Waals surface area contributed by atoms with E-state index in [9.17, 15) is 19.5 Å². The number of hydrogen-bond donors (Lipinski definition) is 4. The lowest BCUT2D eigenvalue weighted by atomic mass is 10.0. The molecule has 0 spiro atoms. The Kier molecular flexibility index (Phi) is 4.94. The molecule has 3 amide bonds. The molecule has 2 fully saturated rings. The highest BCUT2D eigenvalue weighted by Crippen LogP contribution is 2.29. The molecule has 1 aromatic carbocycles. The molecular formula is C19H24N4O4. The molecule has 3 atom stereocenters. The van der Waals surface area contributed by atoms with Crippen molar-refractivity contribution in [1.82, 2.24) is 20.9 Å². The first-order valence-corrected chi connectivity index (χ1v) is 9.42. The van der Waals surface area contributed by atoms with Crippen molar-refractivity contribution in [2.45, 2.75) is 50.5 Å². The highest BCUT2D eigenvalue weighted by Gasteiger charge is 2.40. The van der Waals surface area contributed by atoms with Crippen molar-refractivity contribution in [3.8, 4) is 0 Å². The second-order valence-electron chi connectivity index (χ2n) is 7.40. The minimum atomic E-state index is -0.604. The van der Waals surface area contributed by atoms with Crippen molar-refractivity contribution in [2.24, 2.45) is 0 Å². The lowest BCUT2D eigenvalue weighted by Crippen LogP contribution is -2.52. The summed E-state index contributed by atoms with van der Waals surface area (Å²) in [7, 11) is 0. The Morgan fingerprint density at radius 3 is 2.85 bits per heavy atom. The van der Waals surface area contributed by atoms with Crippen LogP contribution in [0.4, 0.5) is 0 Å². The van der Waals surface area contributed by atoms with Gasteiger partial charge >= 0.3 is 0 Å². The van der Waals surface area contributed by atoms with E-state index in [2.05, 4.69) is 16.0 Å². The number of rotatable bonds is 4. The maximum atomic E-state index is 13.0. The summed E-state index contributed by atoms with van der Waals surface area (Å²) in [5.74, 6) is -0.854. The van der Waals surface area contributed by atoms with Gasteiger partial charge in [-0.2, -0.15) is 0 Å². The predicted octanol–water partition coefficient (Wildman–Crippen LogP) is -0.740. The van der Waals surface area contributed by atoms with Gasteiger partial charge in [-0.3, -0.25) is 19.7 Å². The molecule has 0 aliphatic carbocycles. The Balaban J connectivity index is 1.49. The molecule has 1 unspecified atom stereocenters. The van der Waals surface area contributed by atoms with Crippen LogP contribution in [-0.4, -0.2) is 59.0 Å². The highest BCUT2D eigenvalue weighted by atomic mass is 16.3. The standard InChI is InChI=1S/C19H24N4O4/c24-15-6-7-20-9-13(15)21-8-11-2-1-3-12-10-23(19(27)17(11)12)14-4-5-16(25)22-18(14)26/h1-3,13-15,20-21,24H,4-10H2,(H,22,25,26)/t13-,14?,15-/m1/s1. The average molecular weight is 372 g/mol. The Labute approximate surface area is 157 Å². The van der Waals surface area contributed by atoms with E-state index in [0.717, 1.165) is 17.7 Å². The maximum absolute atomic E-state index is 13.0. The third-order valence-corrected chi connectivity index (χ3v) is 5.64. The van der Waals surface area contributed by atoms with Crippen molar-refractivity contribution < 1.29 is 19.5 Å². The van der Waals surface area contributed by atoms with Gasteiger partial charge in [0.2, 0.25) is 11.8 Å². The SMILES string of the molecule is O=C1CCC(N2Cc3cccc(CN[C@@H]4CNCC[C@H]4O)c3C2=O)C(=O)N1. The second kappa shape index (κ2) is 7.38. The number of nitrogens with zero attached hydrogens (tertiary/aromatic N) is 1. The van der Waals surface area contributed by atoms with Crippen molar-refractivity contribution >= 4 is 17.7 Å². The third kappa shape index (κ3) is 3.47. The van der Waals surface area contributed by atoms with Crippen LogP contribution in [0.25, 0.3) is 0 Å². The Morgan fingerprint density at radius 2 is 2.07 bits per heavy atom. The fraction of sp³-hybridized carbons (Fsp3) is 0.526. The molecule has 0 radical (unpaired) electrons. The zero-order valence-corrected chi connectivity index (χ0v) is 15.0. The van der Waals surface area contributed by atoms with Crippen LogP contribution in [0.2, 0.25) is 0 Å². The lowest BCUT2D eigenvalue weighted by molar-refractivity contribution is -0.136. The molecular weight excluding hydrogens is 348 g/mol. The van der Waals surface area contributed by atoms with E-state index >= 15 is 0 Å². The summed E-state index contributed by atoms with van der Waals surface area (Å²) in [4.78, 5) is 38.1. The summed E-state index contributed by atoms with van der Waals surface area (Å²) < 4.78 is 0. The Bertz CT molecular complexity index is 781. The molecule has 3 aliphatic heterocycles. The molecule has 2 saturated heterocycles. The molecule has 8 nitrogen and oxygen atoms in total. The minimum Gasteiger partial charge on any atom is -0.391 e. The van der Waals surface area contributed by atoms with Crippen LogP contribution in [0.5, 0.6) is 0 Å². The van der Waals surface area contributed by atoms with Crippen molar-refractivity contribution in [3.63, 3.8) is 0 Å². The number of carbonyl (C=O) groups excluding carboxylic acids is 3. The van der Waals surface area contributed by atoms with Gasteiger partial charge in [0.1, 0.15) is 6.04 Å². The van der Waals surface area contributed by atoms with Crippen LogP contribution in [0, 0.1) is 0 Å². The topological polar surface area (TPSA) is 111 Å². The first kappa shape index (κ1) is 18.1. The van der Waals surface area contributed by atoms with E-state index in [0.29, 0.717) is 38.0 Å². The number of aliphatic hydroxyl groups excluding tert-OH is 1. The van der Waals surface area contributed by atoms with Crippen molar-refractivity contribution in [2.75, 3.05) is 13.1 Å². The Hall–Kier alpha value is -2.29. The molecule has 4 rings (SSSR count). The molecule has 3 aliphatic rings. The quantitative estimate of drug-likeness (QED) is 0.518. The first-order chi connectivity index (χ1) is 13.0. The zero-order valence-electron chi connectivity index (χ0n) is 15.0. The maximum Gasteiger partial charge on any atom is 0.255 e. The number of piperidine rings is 2. The number of hydrogen-bond acceptors (Lipinski definition) is 6. The van der Waals surface area contributed by atoms with Crippen LogP contribution < -0.4 is 16.0 Å². The normalized spacial score (nSPS) is 28.3. The van der Waals surface area contributed by atoms with Crippen LogP contribution in [0.1, 0.15) is 40.7 Å². The van der Waals surface area contributed by atoms with E-state index < -0.39 is 18.1 Å². The summed E-state index contributed by atoms with van der Waals surface area (Å²) >= 11 is 0. The van der Waals surface area contributed by atoms with Crippen molar-refractivity contribution in [3.05, 3.63) is 34.9 Å². The average Bonchev–Trinajstić information content (AvgIpc) is 2.98.